The Morgan fingerprint density at radius 1 is 1.08 bits per heavy atom. The van der Waals surface area contributed by atoms with E-state index in [1.807, 2.05) is 0 Å². The van der Waals surface area contributed by atoms with E-state index < -0.39 is 17.8 Å². The number of nitrogens with zero attached hydrogens (tertiary/aromatic N) is 1. The molecule has 4 nitrogen and oxygen atoms in total. The molecule has 0 fully saturated rings. The van der Waals surface area contributed by atoms with Crippen LogP contribution in [0.2, 0.25) is 10.0 Å². The first kappa shape index (κ1) is 18.2. The summed E-state index contributed by atoms with van der Waals surface area (Å²) < 4.78 is 14.1. The lowest BCUT2D eigenvalue weighted by Crippen LogP contribution is -2.27. The zero-order chi connectivity index (χ0) is 18.7. The van der Waals surface area contributed by atoms with Crippen LogP contribution in [-0.4, -0.2) is 10.9 Å². The van der Waals surface area contributed by atoms with Gasteiger partial charge in [-0.3, -0.25) is 9.78 Å². The van der Waals surface area contributed by atoms with Gasteiger partial charge in [0.05, 0.1) is 11.9 Å². The van der Waals surface area contributed by atoms with Crippen LogP contribution < -0.4 is 11.1 Å². The summed E-state index contributed by atoms with van der Waals surface area (Å²) in [5.41, 5.74) is 7.47. The van der Waals surface area contributed by atoms with Crippen LogP contribution >= 0.6 is 23.2 Å². The molecule has 7 heteroatoms. The standard InChI is InChI=1S/C19H14Cl2FN3O/c20-13-3-1-2-11(6-13)18(19(23)26)25-15-7-12(9-24-10-15)16-8-14(21)4-5-17(16)22/h1-10,18,25H,(H2,23,26). The van der Waals surface area contributed by atoms with Gasteiger partial charge in [0.25, 0.3) is 0 Å². The van der Waals surface area contributed by atoms with Crippen molar-refractivity contribution in [2.75, 3.05) is 5.32 Å². The van der Waals surface area contributed by atoms with Crippen molar-refractivity contribution in [2.24, 2.45) is 5.73 Å². The van der Waals surface area contributed by atoms with Gasteiger partial charge in [0.1, 0.15) is 11.9 Å². The molecule has 0 saturated carbocycles. The fourth-order valence-corrected chi connectivity index (χ4v) is 2.93. The van der Waals surface area contributed by atoms with Crippen molar-refractivity contribution in [1.29, 1.82) is 0 Å². The zero-order valence-corrected chi connectivity index (χ0v) is 14.9. The van der Waals surface area contributed by atoms with Gasteiger partial charge < -0.3 is 11.1 Å². The Morgan fingerprint density at radius 2 is 1.85 bits per heavy atom. The van der Waals surface area contributed by atoms with Crippen LogP contribution in [0.25, 0.3) is 11.1 Å². The van der Waals surface area contributed by atoms with Gasteiger partial charge in [0.15, 0.2) is 0 Å². The third-order valence-corrected chi connectivity index (χ3v) is 4.23. The fraction of sp³-hybridized carbons (Fsp3) is 0.0526. The van der Waals surface area contributed by atoms with E-state index in [1.165, 1.54) is 30.6 Å². The van der Waals surface area contributed by atoms with E-state index in [2.05, 4.69) is 10.3 Å². The molecule has 1 unspecified atom stereocenters. The number of carbonyl (C=O) groups excluding carboxylic acids is 1. The molecule has 1 aromatic heterocycles. The van der Waals surface area contributed by atoms with Crippen LogP contribution in [0.3, 0.4) is 0 Å². The number of nitrogens with one attached hydrogen (secondary N) is 1. The Hall–Kier alpha value is -2.63. The van der Waals surface area contributed by atoms with Crippen molar-refractivity contribution in [3.8, 4) is 11.1 Å². The molecule has 1 amide bonds. The van der Waals surface area contributed by atoms with Gasteiger partial charge in [0.2, 0.25) is 5.91 Å². The van der Waals surface area contributed by atoms with E-state index >= 15 is 0 Å². The van der Waals surface area contributed by atoms with Gasteiger partial charge in [-0.1, -0.05) is 35.3 Å². The third-order valence-electron chi connectivity index (χ3n) is 3.76. The first-order chi connectivity index (χ1) is 12.4. The molecule has 0 aliphatic heterocycles. The highest BCUT2D eigenvalue weighted by Crippen LogP contribution is 2.29. The second kappa shape index (κ2) is 7.72. The minimum absolute atomic E-state index is 0.312. The van der Waals surface area contributed by atoms with Gasteiger partial charge in [-0.05, 0) is 42.0 Å². The van der Waals surface area contributed by atoms with E-state index in [4.69, 9.17) is 28.9 Å². The maximum Gasteiger partial charge on any atom is 0.244 e. The lowest BCUT2D eigenvalue weighted by atomic mass is 10.0. The normalized spacial score (nSPS) is 11.8. The van der Waals surface area contributed by atoms with Crippen molar-refractivity contribution < 1.29 is 9.18 Å². The molecule has 132 valence electrons. The first-order valence-electron chi connectivity index (χ1n) is 7.66. The number of carbonyl (C=O) groups is 1. The fourth-order valence-electron chi connectivity index (χ4n) is 2.56. The Kier molecular flexibility index (Phi) is 5.40. The average molecular weight is 390 g/mol. The maximum atomic E-state index is 14.1. The van der Waals surface area contributed by atoms with E-state index in [0.717, 1.165) is 0 Å². The van der Waals surface area contributed by atoms with Crippen LogP contribution in [0.15, 0.2) is 60.9 Å². The molecule has 26 heavy (non-hydrogen) atoms. The molecular formula is C19H14Cl2FN3O. The minimum Gasteiger partial charge on any atom is -0.369 e. The second-order valence-electron chi connectivity index (χ2n) is 5.62. The summed E-state index contributed by atoms with van der Waals surface area (Å²) in [5.74, 6) is -0.999. The molecule has 0 aliphatic rings. The van der Waals surface area contributed by atoms with Gasteiger partial charge in [-0.15, -0.1) is 0 Å². The summed E-state index contributed by atoms with van der Waals surface area (Å²) in [5, 5.41) is 3.92. The largest absolute Gasteiger partial charge is 0.369 e. The second-order valence-corrected chi connectivity index (χ2v) is 6.49. The smallest absolute Gasteiger partial charge is 0.244 e. The Labute approximate surface area is 159 Å². The number of primary amides is 1. The number of hydrogen-bond donors (Lipinski definition) is 2. The number of halogens is 3. The number of benzene rings is 2. The number of anilines is 1. The quantitative estimate of drug-likeness (QED) is 0.656. The number of pyridine rings is 1. The predicted octanol–water partition coefficient (Wildman–Crippen LogP) is 4.83. The summed E-state index contributed by atoms with van der Waals surface area (Å²) >= 11 is 11.9. The van der Waals surface area contributed by atoms with Crippen molar-refractivity contribution >= 4 is 34.8 Å². The van der Waals surface area contributed by atoms with Crippen LogP contribution in [0.4, 0.5) is 10.1 Å². The Balaban J connectivity index is 1.94. The highest BCUT2D eigenvalue weighted by Gasteiger charge is 2.18. The van der Waals surface area contributed by atoms with Crippen LogP contribution in [-0.2, 0) is 4.79 Å². The van der Waals surface area contributed by atoms with E-state index in [0.29, 0.717) is 32.4 Å². The molecule has 0 radical (unpaired) electrons. The lowest BCUT2D eigenvalue weighted by Gasteiger charge is -2.18. The first-order valence-corrected chi connectivity index (χ1v) is 8.41. The van der Waals surface area contributed by atoms with Gasteiger partial charge in [-0.25, -0.2) is 4.39 Å². The van der Waals surface area contributed by atoms with E-state index in [1.54, 1.807) is 30.3 Å². The molecule has 2 aromatic carbocycles. The zero-order valence-electron chi connectivity index (χ0n) is 13.4. The summed E-state index contributed by atoms with van der Waals surface area (Å²) in [6.07, 6.45) is 3.03. The van der Waals surface area contributed by atoms with Gasteiger partial charge in [0, 0.05) is 27.4 Å². The molecule has 1 atom stereocenters. The monoisotopic (exact) mass is 389 g/mol. The van der Waals surface area contributed by atoms with Crippen molar-refractivity contribution in [2.45, 2.75) is 6.04 Å². The minimum atomic E-state index is -0.810. The summed E-state index contributed by atoms with van der Waals surface area (Å²) in [6.45, 7) is 0. The van der Waals surface area contributed by atoms with Crippen molar-refractivity contribution in [3.63, 3.8) is 0 Å². The topological polar surface area (TPSA) is 68.0 Å². The maximum absolute atomic E-state index is 14.1. The molecule has 1 heterocycles. The molecule has 3 aromatic rings. The molecule has 3 N–H and O–H groups in total. The molecule has 0 bridgehead atoms. The molecule has 0 saturated heterocycles. The highest BCUT2D eigenvalue weighted by atomic mass is 35.5. The van der Waals surface area contributed by atoms with Gasteiger partial charge >= 0.3 is 0 Å². The molecule has 0 spiro atoms. The van der Waals surface area contributed by atoms with Crippen LogP contribution in [0.5, 0.6) is 0 Å². The summed E-state index contributed by atoms with van der Waals surface area (Å²) in [4.78, 5) is 16.0. The highest BCUT2D eigenvalue weighted by molar-refractivity contribution is 6.31. The van der Waals surface area contributed by atoms with Crippen molar-refractivity contribution in [3.05, 3.63) is 82.4 Å². The Morgan fingerprint density at radius 3 is 2.58 bits per heavy atom. The average Bonchev–Trinajstić information content (AvgIpc) is 2.61. The number of rotatable bonds is 5. The molecule has 0 aliphatic carbocycles. The number of amides is 1. The number of aromatic nitrogens is 1. The predicted molar refractivity (Wildman–Crippen MR) is 102 cm³/mol. The molecule has 3 rings (SSSR count). The number of hydrogen-bond acceptors (Lipinski definition) is 3. The third kappa shape index (κ3) is 4.12. The number of nitrogens with two attached hydrogens (primary N) is 1. The van der Waals surface area contributed by atoms with Crippen molar-refractivity contribution in [1.82, 2.24) is 4.98 Å². The van der Waals surface area contributed by atoms with Gasteiger partial charge in [-0.2, -0.15) is 0 Å². The van der Waals surface area contributed by atoms with Crippen LogP contribution in [0.1, 0.15) is 11.6 Å². The summed E-state index contributed by atoms with van der Waals surface area (Å²) in [6, 6.07) is 11.9. The van der Waals surface area contributed by atoms with Crippen LogP contribution in [0, 0.1) is 5.82 Å². The SMILES string of the molecule is NC(=O)C(Nc1cncc(-c2cc(Cl)ccc2F)c1)c1cccc(Cl)c1. The lowest BCUT2D eigenvalue weighted by molar-refractivity contribution is -0.118. The summed E-state index contributed by atoms with van der Waals surface area (Å²) in [7, 11) is 0. The molecular weight excluding hydrogens is 376 g/mol. The van der Waals surface area contributed by atoms with E-state index in [9.17, 15) is 9.18 Å². The van der Waals surface area contributed by atoms with E-state index in [-0.39, 0.29) is 0 Å². The Bertz CT molecular complexity index is 965.